The highest BCUT2D eigenvalue weighted by atomic mass is 16.6. The van der Waals surface area contributed by atoms with Crippen LogP contribution in [0.2, 0.25) is 0 Å². The van der Waals surface area contributed by atoms with Gasteiger partial charge in [-0.25, -0.2) is 4.79 Å². The van der Waals surface area contributed by atoms with Crippen LogP contribution in [0.1, 0.15) is 20.8 Å². The van der Waals surface area contributed by atoms with E-state index in [1.165, 1.54) is 4.90 Å². The minimum Gasteiger partial charge on any atom is -0.444 e. The van der Waals surface area contributed by atoms with Crippen LogP contribution in [0.3, 0.4) is 0 Å². The van der Waals surface area contributed by atoms with Crippen molar-refractivity contribution in [1.29, 1.82) is 0 Å². The zero-order valence-corrected chi connectivity index (χ0v) is 10.5. The first kappa shape index (κ1) is 13.4. The minimum atomic E-state index is -0.535. The molecule has 4 heteroatoms. The third kappa shape index (κ3) is 3.69. The molecule has 0 bridgehead atoms. The van der Waals surface area contributed by atoms with E-state index < -0.39 is 11.7 Å². The number of hydrogen-bond acceptors (Lipinski definition) is 3. The average Bonchev–Trinajstić information content (AvgIpc) is 2.25. The summed E-state index contributed by atoms with van der Waals surface area (Å²) in [6.07, 6.45) is 10.3. The molecule has 0 aliphatic carbocycles. The van der Waals surface area contributed by atoms with Gasteiger partial charge < -0.3 is 4.74 Å². The molecular formula is C13H18N2O2. The van der Waals surface area contributed by atoms with E-state index >= 15 is 0 Å². The lowest BCUT2D eigenvalue weighted by Crippen LogP contribution is -2.58. The number of terminal acetylenes is 2. The quantitative estimate of drug-likeness (QED) is 0.631. The van der Waals surface area contributed by atoms with Crippen LogP contribution in [-0.4, -0.2) is 41.8 Å². The zero-order chi connectivity index (χ0) is 13.1. The van der Waals surface area contributed by atoms with Gasteiger partial charge >= 0.3 is 6.09 Å². The molecule has 0 spiro atoms. The van der Waals surface area contributed by atoms with Gasteiger partial charge in [0.1, 0.15) is 11.6 Å². The third-order valence-corrected chi connectivity index (χ3v) is 2.33. The highest BCUT2D eigenvalue weighted by Gasteiger charge is 2.32. The van der Waals surface area contributed by atoms with Crippen LogP contribution in [0.5, 0.6) is 0 Å². The fourth-order valence-electron chi connectivity index (χ4n) is 1.54. The van der Waals surface area contributed by atoms with Crippen LogP contribution in [0.25, 0.3) is 0 Å². The van der Waals surface area contributed by atoms with Gasteiger partial charge in [-0.1, -0.05) is 11.8 Å². The van der Waals surface area contributed by atoms with Crippen LogP contribution >= 0.6 is 0 Å². The second-order valence-electron chi connectivity index (χ2n) is 4.94. The van der Waals surface area contributed by atoms with Crippen LogP contribution in [0.15, 0.2) is 0 Å². The number of rotatable bonds is 0. The molecule has 0 radical (unpaired) electrons. The Bertz CT molecular complexity index is 370. The molecule has 1 fully saturated rings. The zero-order valence-electron chi connectivity index (χ0n) is 10.5. The summed E-state index contributed by atoms with van der Waals surface area (Å²) in [5.74, 6) is 5.13. The Morgan fingerprint density at radius 2 is 2.06 bits per heavy atom. The van der Waals surface area contributed by atoms with E-state index in [2.05, 4.69) is 17.2 Å². The Balaban J connectivity index is 2.74. The topological polar surface area (TPSA) is 41.6 Å². The average molecular weight is 234 g/mol. The molecule has 1 rings (SSSR count). The standard InChI is InChI=1S/C13H18N2O2/c1-6-10-9-15(11(7-2)8-14-10)12(16)17-13(3,4)5/h1-2,10-11,14H,8-9H2,3-5H3/t10-,11-/m0/s1. The van der Waals surface area contributed by atoms with Gasteiger partial charge in [0.05, 0.1) is 12.6 Å². The molecule has 0 aromatic carbocycles. The van der Waals surface area contributed by atoms with Crippen molar-refractivity contribution in [3.63, 3.8) is 0 Å². The van der Waals surface area contributed by atoms with E-state index in [9.17, 15) is 4.79 Å². The maximum atomic E-state index is 12.0. The van der Waals surface area contributed by atoms with Gasteiger partial charge in [-0.05, 0) is 20.8 Å². The highest BCUT2D eigenvalue weighted by molar-refractivity contribution is 5.69. The van der Waals surface area contributed by atoms with Gasteiger partial charge in [0, 0.05) is 6.54 Å². The highest BCUT2D eigenvalue weighted by Crippen LogP contribution is 2.14. The molecule has 0 aromatic heterocycles. The molecule has 92 valence electrons. The summed E-state index contributed by atoms with van der Waals surface area (Å²) >= 11 is 0. The number of hydrogen-bond donors (Lipinski definition) is 1. The second-order valence-corrected chi connectivity index (χ2v) is 4.94. The van der Waals surface area contributed by atoms with Gasteiger partial charge in [0.15, 0.2) is 0 Å². The van der Waals surface area contributed by atoms with E-state index in [0.717, 1.165) is 0 Å². The van der Waals surface area contributed by atoms with Gasteiger partial charge in [0.25, 0.3) is 0 Å². The molecule has 1 aliphatic heterocycles. The summed E-state index contributed by atoms with van der Waals surface area (Å²) in [6, 6.07) is -0.485. The van der Waals surface area contributed by atoms with Gasteiger partial charge in [0.2, 0.25) is 0 Å². The molecule has 2 atom stereocenters. The number of carbonyl (C=O) groups excluding carboxylic acids is 1. The van der Waals surface area contributed by atoms with Crippen molar-refractivity contribution < 1.29 is 9.53 Å². The predicted octanol–water partition coefficient (Wildman–Crippen LogP) is 0.830. The van der Waals surface area contributed by atoms with Gasteiger partial charge in [-0.15, -0.1) is 12.8 Å². The van der Waals surface area contributed by atoms with Gasteiger partial charge in [-0.2, -0.15) is 0 Å². The molecule has 0 aromatic rings. The largest absolute Gasteiger partial charge is 0.444 e. The number of nitrogens with one attached hydrogen (secondary N) is 1. The fourth-order valence-corrected chi connectivity index (χ4v) is 1.54. The molecule has 4 nitrogen and oxygen atoms in total. The van der Waals surface area contributed by atoms with E-state index in [-0.39, 0.29) is 12.1 Å². The third-order valence-electron chi connectivity index (χ3n) is 2.33. The van der Waals surface area contributed by atoms with E-state index in [1.807, 2.05) is 20.8 Å². The number of ether oxygens (including phenoxy) is 1. The van der Waals surface area contributed by atoms with Crippen molar-refractivity contribution in [2.24, 2.45) is 0 Å². The lowest BCUT2D eigenvalue weighted by Gasteiger charge is -2.36. The first-order valence-electron chi connectivity index (χ1n) is 5.52. The number of nitrogens with zero attached hydrogens (tertiary/aromatic N) is 1. The summed E-state index contributed by atoms with van der Waals surface area (Å²) in [7, 11) is 0. The molecule has 1 saturated heterocycles. The van der Waals surface area contributed by atoms with Gasteiger partial charge in [-0.3, -0.25) is 10.2 Å². The van der Waals surface area contributed by atoms with Crippen molar-refractivity contribution in [1.82, 2.24) is 10.2 Å². The number of piperazine rings is 1. The summed E-state index contributed by atoms with van der Waals surface area (Å²) in [4.78, 5) is 13.5. The number of amides is 1. The monoisotopic (exact) mass is 234 g/mol. The van der Waals surface area contributed by atoms with Crippen molar-refractivity contribution in [2.45, 2.75) is 38.5 Å². The number of carbonyl (C=O) groups is 1. The van der Waals surface area contributed by atoms with Crippen molar-refractivity contribution in [3.05, 3.63) is 0 Å². The Hall–Kier alpha value is -1.65. The van der Waals surface area contributed by atoms with Crippen molar-refractivity contribution in [2.75, 3.05) is 13.1 Å². The SMILES string of the molecule is C#C[C@H]1CN(C(=O)OC(C)(C)C)[C@@H](C#C)CN1. The fraction of sp³-hybridized carbons (Fsp3) is 0.615. The molecule has 1 N–H and O–H groups in total. The molecule has 1 heterocycles. The van der Waals surface area contributed by atoms with Crippen molar-refractivity contribution >= 4 is 6.09 Å². The summed E-state index contributed by atoms with van der Waals surface area (Å²) in [5, 5.41) is 3.09. The summed E-state index contributed by atoms with van der Waals surface area (Å²) < 4.78 is 5.30. The molecule has 0 saturated carbocycles. The van der Waals surface area contributed by atoms with E-state index in [4.69, 9.17) is 17.6 Å². The van der Waals surface area contributed by atoms with Crippen molar-refractivity contribution in [3.8, 4) is 24.7 Å². The lowest BCUT2D eigenvalue weighted by molar-refractivity contribution is 0.0156. The van der Waals surface area contributed by atoms with Crippen LogP contribution < -0.4 is 5.32 Å². The molecule has 1 aliphatic rings. The maximum Gasteiger partial charge on any atom is 0.411 e. The van der Waals surface area contributed by atoms with E-state index in [1.54, 1.807) is 0 Å². The summed E-state index contributed by atoms with van der Waals surface area (Å²) in [5.41, 5.74) is -0.535. The Labute approximate surface area is 103 Å². The minimum absolute atomic E-state index is 0.174. The Morgan fingerprint density at radius 1 is 1.41 bits per heavy atom. The predicted molar refractivity (Wildman–Crippen MR) is 66.2 cm³/mol. The van der Waals surface area contributed by atoms with Crippen LogP contribution in [-0.2, 0) is 4.74 Å². The van der Waals surface area contributed by atoms with E-state index in [0.29, 0.717) is 13.1 Å². The normalized spacial score (nSPS) is 24.6. The second kappa shape index (κ2) is 5.12. The summed E-state index contributed by atoms with van der Waals surface area (Å²) in [6.45, 7) is 6.31. The molecule has 17 heavy (non-hydrogen) atoms. The molecular weight excluding hydrogens is 216 g/mol. The first-order chi connectivity index (χ1) is 7.87. The van der Waals surface area contributed by atoms with Crippen LogP contribution in [0, 0.1) is 24.7 Å². The Morgan fingerprint density at radius 3 is 2.53 bits per heavy atom. The smallest absolute Gasteiger partial charge is 0.411 e. The molecule has 1 amide bonds. The Kier molecular flexibility index (Phi) is 4.04. The van der Waals surface area contributed by atoms with Crippen LogP contribution in [0.4, 0.5) is 4.79 Å². The maximum absolute atomic E-state index is 12.0. The molecule has 0 unspecified atom stereocenters. The lowest BCUT2D eigenvalue weighted by atomic mass is 10.1. The first-order valence-corrected chi connectivity index (χ1v) is 5.52.